The Morgan fingerprint density at radius 1 is 0.351 bits per heavy atom. The van der Waals surface area contributed by atoms with Crippen molar-refractivity contribution in [2.75, 3.05) is 0 Å². The standard InChI is InChI=1S/C55H38N2/c1-55(2)49-22-11-10-19-45(49)47-21-12-20-44(53(47)55)38-25-29-40(30-26-38)51-34-50(39-27-23-36(24-28-39)35-13-4-3-5-14-35)56-54(57-51)52-43-18-9-7-16-41(43)33-48-42-17-8-6-15-37(42)31-32-46(48)52/h3-34H,1-2H3. The van der Waals surface area contributed by atoms with Crippen LogP contribution in [0.4, 0.5) is 0 Å². The highest BCUT2D eigenvalue weighted by atomic mass is 14.9. The molecule has 0 saturated heterocycles. The number of nitrogens with zero attached hydrogens (tertiary/aromatic N) is 2. The predicted octanol–water partition coefficient (Wildman–Crippen LogP) is 14.6. The van der Waals surface area contributed by atoms with Crippen LogP contribution in [0.25, 0.3) is 99.6 Å². The Hall–Kier alpha value is -7.16. The van der Waals surface area contributed by atoms with Crippen LogP contribution in [0.3, 0.4) is 0 Å². The summed E-state index contributed by atoms with van der Waals surface area (Å²) in [5, 5.41) is 7.10. The van der Waals surface area contributed by atoms with E-state index in [0.29, 0.717) is 0 Å². The van der Waals surface area contributed by atoms with E-state index >= 15 is 0 Å². The molecule has 0 radical (unpaired) electrons. The second-order valence-corrected chi connectivity index (χ2v) is 15.7. The SMILES string of the molecule is CC1(C)c2ccccc2-c2cccc(-c3ccc(-c4cc(-c5ccc(-c6ccccc6)cc5)nc(-c5c6ccccc6cc6c5ccc5ccccc56)n4)cc3)c21. The van der Waals surface area contributed by atoms with E-state index in [1.165, 1.54) is 66.1 Å². The predicted molar refractivity (Wildman–Crippen MR) is 239 cm³/mol. The van der Waals surface area contributed by atoms with Crippen LogP contribution in [0.5, 0.6) is 0 Å². The van der Waals surface area contributed by atoms with E-state index in [9.17, 15) is 0 Å². The molecule has 1 heterocycles. The zero-order valence-electron chi connectivity index (χ0n) is 31.9. The van der Waals surface area contributed by atoms with Crippen molar-refractivity contribution in [1.29, 1.82) is 0 Å². The maximum atomic E-state index is 5.44. The van der Waals surface area contributed by atoms with Gasteiger partial charge in [-0.3, -0.25) is 0 Å². The molecule has 0 unspecified atom stereocenters. The summed E-state index contributed by atoms with van der Waals surface area (Å²) in [6.07, 6.45) is 0. The van der Waals surface area contributed by atoms with Gasteiger partial charge in [-0.05, 0) is 89.0 Å². The Labute approximate surface area is 332 Å². The van der Waals surface area contributed by atoms with Crippen molar-refractivity contribution in [2.24, 2.45) is 0 Å². The quantitative estimate of drug-likeness (QED) is 0.130. The minimum Gasteiger partial charge on any atom is -0.228 e. The second-order valence-electron chi connectivity index (χ2n) is 15.7. The van der Waals surface area contributed by atoms with Gasteiger partial charge in [-0.2, -0.15) is 0 Å². The van der Waals surface area contributed by atoms with Crippen molar-refractivity contribution in [3.05, 3.63) is 205 Å². The molecule has 0 bridgehead atoms. The lowest BCUT2D eigenvalue weighted by molar-refractivity contribution is 0.662. The molecule has 0 aliphatic heterocycles. The third kappa shape index (κ3) is 5.40. The minimum atomic E-state index is -0.0970. The molecule has 0 N–H and O–H groups in total. The van der Waals surface area contributed by atoms with Crippen molar-refractivity contribution in [2.45, 2.75) is 19.3 Å². The molecule has 2 nitrogen and oxygen atoms in total. The van der Waals surface area contributed by atoms with Gasteiger partial charge in [-0.1, -0.05) is 196 Å². The fourth-order valence-electron chi connectivity index (χ4n) is 9.29. The van der Waals surface area contributed by atoms with E-state index in [4.69, 9.17) is 9.97 Å². The van der Waals surface area contributed by atoms with Gasteiger partial charge in [0.15, 0.2) is 5.82 Å². The highest BCUT2D eigenvalue weighted by Crippen LogP contribution is 2.52. The van der Waals surface area contributed by atoms with Gasteiger partial charge in [0.2, 0.25) is 0 Å². The largest absolute Gasteiger partial charge is 0.228 e. The van der Waals surface area contributed by atoms with Gasteiger partial charge >= 0.3 is 0 Å². The normalized spacial score (nSPS) is 12.9. The van der Waals surface area contributed by atoms with Crippen LogP contribution >= 0.6 is 0 Å². The summed E-state index contributed by atoms with van der Waals surface area (Å²) in [6.45, 7) is 4.71. The molecule has 1 aliphatic rings. The molecule has 1 aliphatic carbocycles. The highest BCUT2D eigenvalue weighted by molar-refractivity contribution is 6.19. The monoisotopic (exact) mass is 726 g/mol. The molecule has 0 saturated carbocycles. The third-order valence-corrected chi connectivity index (χ3v) is 12.1. The summed E-state index contributed by atoms with van der Waals surface area (Å²) in [5.74, 6) is 0.719. The minimum absolute atomic E-state index is 0.0970. The molecular formula is C55H38N2. The first-order valence-corrected chi connectivity index (χ1v) is 19.7. The van der Waals surface area contributed by atoms with Crippen LogP contribution in [-0.4, -0.2) is 9.97 Å². The highest BCUT2D eigenvalue weighted by Gasteiger charge is 2.37. The first-order chi connectivity index (χ1) is 28.0. The average Bonchev–Trinajstić information content (AvgIpc) is 3.51. The number of benzene rings is 9. The zero-order valence-corrected chi connectivity index (χ0v) is 31.9. The van der Waals surface area contributed by atoms with Crippen LogP contribution in [-0.2, 0) is 5.41 Å². The van der Waals surface area contributed by atoms with Crippen molar-refractivity contribution >= 4 is 32.3 Å². The van der Waals surface area contributed by atoms with E-state index in [1.54, 1.807) is 0 Å². The smallest absolute Gasteiger partial charge is 0.161 e. The molecule has 0 fully saturated rings. The summed E-state index contributed by atoms with van der Waals surface area (Å²) in [5.41, 5.74) is 15.1. The first kappa shape index (κ1) is 33.2. The number of hydrogen-bond donors (Lipinski definition) is 0. The number of rotatable bonds is 5. The zero-order chi connectivity index (χ0) is 38.1. The summed E-state index contributed by atoms with van der Waals surface area (Å²) in [6, 6.07) is 70.1. The lowest BCUT2D eigenvalue weighted by atomic mass is 9.79. The van der Waals surface area contributed by atoms with Crippen molar-refractivity contribution < 1.29 is 0 Å². The van der Waals surface area contributed by atoms with Crippen molar-refractivity contribution in [1.82, 2.24) is 9.97 Å². The first-order valence-electron chi connectivity index (χ1n) is 19.7. The summed E-state index contributed by atoms with van der Waals surface area (Å²) < 4.78 is 0. The molecule has 10 aromatic rings. The lowest BCUT2D eigenvalue weighted by Crippen LogP contribution is -2.16. The number of hydrogen-bond acceptors (Lipinski definition) is 2. The summed E-state index contributed by atoms with van der Waals surface area (Å²) in [4.78, 5) is 10.9. The van der Waals surface area contributed by atoms with E-state index in [1.807, 2.05) is 0 Å². The molecule has 0 amide bonds. The molecule has 0 spiro atoms. The Bertz CT molecular complexity index is 3180. The van der Waals surface area contributed by atoms with Crippen LogP contribution in [0.1, 0.15) is 25.0 Å². The summed E-state index contributed by atoms with van der Waals surface area (Å²) in [7, 11) is 0. The maximum absolute atomic E-state index is 5.44. The van der Waals surface area contributed by atoms with Gasteiger partial charge in [0.25, 0.3) is 0 Å². The van der Waals surface area contributed by atoms with Crippen molar-refractivity contribution in [3.8, 4) is 67.3 Å². The van der Waals surface area contributed by atoms with E-state index < -0.39 is 0 Å². The van der Waals surface area contributed by atoms with Gasteiger partial charge < -0.3 is 0 Å². The molecular weight excluding hydrogens is 689 g/mol. The van der Waals surface area contributed by atoms with E-state index in [0.717, 1.165) is 44.7 Å². The molecule has 57 heavy (non-hydrogen) atoms. The topological polar surface area (TPSA) is 25.8 Å². The van der Waals surface area contributed by atoms with Gasteiger partial charge in [-0.15, -0.1) is 0 Å². The Kier molecular flexibility index (Phi) is 7.55. The van der Waals surface area contributed by atoms with E-state index in [-0.39, 0.29) is 5.41 Å². The molecule has 0 atom stereocenters. The van der Waals surface area contributed by atoms with Gasteiger partial charge in [-0.25, -0.2) is 9.97 Å². The number of fused-ring (bicyclic) bond motifs is 7. The second kappa shape index (κ2) is 13.0. The van der Waals surface area contributed by atoms with Crippen LogP contribution in [0, 0.1) is 0 Å². The van der Waals surface area contributed by atoms with Gasteiger partial charge in [0.05, 0.1) is 11.4 Å². The van der Waals surface area contributed by atoms with Crippen LogP contribution < -0.4 is 0 Å². The fourth-order valence-corrected chi connectivity index (χ4v) is 9.29. The Balaban J connectivity index is 1.09. The summed E-state index contributed by atoms with van der Waals surface area (Å²) >= 11 is 0. The maximum Gasteiger partial charge on any atom is 0.161 e. The Morgan fingerprint density at radius 2 is 0.912 bits per heavy atom. The number of aromatic nitrogens is 2. The molecule has 268 valence electrons. The lowest BCUT2D eigenvalue weighted by Gasteiger charge is -2.24. The molecule has 9 aromatic carbocycles. The molecule has 11 rings (SSSR count). The third-order valence-electron chi connectivity index (χ3n) is 12.1. The average molecular weight is 727 g/mol. The fraction of sp³-hybridized carbons (Fsp3) is 0.0545. The Morgan fingerprint density at radius 3 is 1.67 bits per heavy atom. The molecule has 1 aromatic heterocycles. The van der Waals surface area contributed by atoms with Crippen LogP contribution in [0.2, 0.25) is 0 Å². The van der Waals surface area contributed by atoms with Crippen molar-refractivity contribution in [3.63, 3.8) is 0 Å². The van der Waals surface area contributed by atoms with Gasteiger partial charge in [0.1, 0.15) is 0 Å². The van der Waals surface area contributed by atoms with Crippen LogP contribution in [0.15, 0.2) is 194 Å². The molecule has 2 heteroatoms. The van der Waals surface area contributed by atoms with Gasteiger partial charge in [0, 0.05) is 22.1 Å². The van der Waals surface area contributed by atoms with E-state index in [2.05, 4.69) is 208 Å².